The minimum Gasteiger partial charge on any atom is -0.369 e. The molecule has 2 heterocycles. The molecule has 0 atom stereocenters. The molecular weight excluding hydrogens is 468 g/mol. The van der Waals surface area contributed by atoms with Crippen LogP contribution < -0.4 is 10.2 Å². The predicted octanol–water partition coefficient (Wildman–Crippen LogP) is 3.02. The maximum absolute atomic E-state index is 13.1. The molecule has 1 aliphatic carbocycles. The summed E-state index contributed by atoms with van der Waals surface area (Å²) < 4.78 is 13.1. The Hall–Kier alpha value is -1.09. The quantitative estimate of drug-likeness (QED) is 0.391. The third kappa shape index (κ3) is 4.90. The molecule has 1 aromatic rings. The normalized spacial score (nSPS) is 22.1. The van der Waals surface area contributed by atoms with E-state index in [1.54, 1.807) is 12.1 Å². The van der Waals surface area contributed by atoms with E-state index in [1.165, 1.54) is 32.2 Å². The first-order chi connectivity index (χ1) is 13.2. The molecule has 0 amide bonds. The van der Waals surface area contributed by atoms with Gasteiger partial charge in [-0.2, -0.15) is 0 Å². The van der Waals surface area contributed by atoms with Gasteiger partial charge in [-0.25, -0.2) is 4.39 Å². The van der Waals surface area contributed by atoms with Crippen molar-refractivity contribution in [1.82, 2.24) is 15.1 Å². The maximum Gasteiger partial charge on any atom is 0.193 e. The molecule has 0 aromatic heterocycles. The molecule has 3 aliphatic rings. The van der Waals surface area contributed by atoms with E-state index in [-0.39, 0.29) is 29.8 Å². The van der Waals surface area contributed by atoms with Crippen LogP contribution in [0.1, 0.15) is 25.7 Å². The molecule has 4 rings (SSSR count). The maximum atomic E-state index is 13.1. The molecule has 2 saturated heterocycles. The summed E-state index contributed by atoms with van der Waals surface area (Å²) in [6, 6.07) is 6.84. The molecule has 5 nitrogen and oxygen atoms in total. The van der Waals surface area contributed by atoms with Gasteiger partial charge in [0, 0.05) is 65.1 Å². The monoisotopic (exact) mass is 501 g/mol. The highest BCUT2D eigenvalue weighted by Crippen LogP contribution is 2.47. The van der Waals surface area contributed by atoms with Crippen molar-refractivity contribution in [3.63, 3.8) is 0 Å². The Bertz CT molecular complexity index is 653. The summed E-state index contributed by atoms with van der Waals surface area (Å²) in [5.41, 5.74) is 1.72. The zero-order valence-corrected chi connectivity index (χ0v) is 19.2. The first-order valence-electron chi connectivity index (χ1n) is 10.4. The summed E-state index contributed by atoms with van der Waals surface area (Å²) in [4.78, 5) is 11.8. The first kappa shape index (κ1) is 21.6. The van der Waals surface area contributed by atoms with Gasteiger partial charge in [0.15, 0.2) is 5.96 Å². The highest BCUT2D eigenvalue weighted by Gasteiger charge is 2.43. The van der Waals surface area contributed by atoms with E-state index in [9.17, 15) is 4.39 Å². The van der Waals surface area contributed by atoms with E-state index in [1.807, 2.05) is 19.2 Å². The topological polar surface area (TPSA) is 34.1 Å². The summed E-state index contributed by atoms with van der Waals surface area (Å²) in [6.07, 6.45) is 5.54. The van der Waals surface area contributed by atoms with E-state index >= 15 is 0 Å². The molecule has 3 fully saturated rings. The third-order valence-electron chi connectivity index (χ3n) is 6.64. The molecule has 1 aromatic carbocycles. The van der Waals surface area contributed by atoms with Crippen LogP contribution in [0.15, 0.2) is 29.3 Å². The Morgan fingerprint density at radius 1 is 1.07 bits per heavy atom. The number of nitrogens with one attached hydrogen (secondary N) is 1. The van der Waals surface area contributed by atoms with Crippen molar-refractivity contribution in [1.29, 1.82) is 0 Å². The van der Waals surface area contributed by atoms with Crippen LogP contribution in [0.25, 0.3) is 0 Å². The smallest absolute Gasteiger partial charge is 0.193 e. The number of nitrogens with zero attached hydrogens (tertiary/aromatic N) is 4. The highest BCUT2D eigenvalue weighted by atomic mass is 127. The number of benzene rings is 1. The Morgan fingerprint density at radius 3 is 2.36 bits per heavy atom. The molecule has 28 heavy (non-hydrogen) atoms. The number of guanidine groups is 1. The fraction of sp³-hybridized carbons (Fsp3) is 0.667. The van der Waals surface area contributed by atoms with Gasteiger partial charge >= 0.3 is 0 Å². The Kier molecular flexibility index (Phi) is 7.42. The summed E-state index contributed by atoms with van der Waals surface area (Å²) in [5, 5.41) is 3.57. The van der Waals surface area contributed by atoms with Crippen LogP contribution in [0.4, 0.5) is 10.1 Å². The molecule has 1 spiro atoms. The van der Waals surface area contributed by atoms with Crippen molar-refractivity contribution in [3.8, 4) is 0 Å². The molecule has 1 N–H and O–H groups in total. The molecule has 7 heteroatoms. The molecule has 0 unspecified atom stereocenters. The molecule has 156 valence electrons. The van der Waals surface area contributed by atoms with Crippen LogP contribution in [0.5, 0.6) is 0 Å². The molecule has 0 radical (unpaired) electrons. The number of likely N-dealkylation sites (tertiary alicyclic amines) is 1. The largest absolute Gasteiger partial charge is 0.369 e. The van der Waals surface area contributed by atoms with E-state index < -0.39 is 0 Å². The molecular formula is C21H33FIN5. The van der Waals surface area contributed by atoms with E-state index in [2.05, 4.69) is 25.0 Å². The number of halogens is 2. The minimum absolute atomic E-state index is 0. The van der Waals surface area contributed by atoms with Gasteiger partial charge in [0.25, 0.3) is 0 Å². The second kappa shape index (κ2) is 9.61. The Morgan fingerprint density at radius 2 is 1.79 bits per heavy atom. The third-order valence-corrected chi connectivity index (χ3v) is 6.64. The average molecular weight is 501 g/mol. The highest BCUT2D eigenvalue weighted by molar-refractivity contribution is 14.0. The molecule has 0 bridgehead atoms. The zero-order valence-electron chi connectivity index (χ0n) is 16.9. The van der Waals surface area contributed by atoms with Crippen molar-refractivity contribution in [2.24, 2.45) is 10.4 Å². The van der Waals surface area contributed by atoms with Gasteiger partial charge in [-0.1, -0.05) is 6.42 Å². The summed E-state index contributed by atoms with van der Waals surface area (Å²) in [5.74, 6) is 0.904. The van der Waals surface area contributed by atoms with Crippen LogP contribution in [0.3, 0.4) is 0 Å². The van der Waals surface area contributed by atoms with Gasteiger partial charge in [-0.3, -0.25) is 9.89 Å². The summed E-state index contributed by atoms with van der Waals surface area (Å²) in [6.45, 7) is 8.39. The van der Waals surface area contributed by atoms with Crippen LogP contribution in [-0.2, 0) is 0 Å². The number of rotatable bonds is 4. The van der Waals surface area contributed by atoms with E-state index in [0.29, 0.717) is 5.41 Å². The van der Waals surface area contributed by atoms with Crippen LogP contribution in [0, 0.1) is 11.2 Å². The fourth-order valence-electron chi connectivity index (χ4n) is 4.74. The SMILES string of the molecule is CN=C(NCCN1CCN(c2ccc(F)cc2)CC1)N1CCC2(CCC2)C1.I. The summed E-state index contributed by atoms with van der Waals surface area (Å²) >= 11 is 0. The van der Waals surface area contributed by atoms with Crippen LogP contribution in [-0.4, -0.2) is 75.2 Å². The number of anilines is 1. The zero-order chi connectivity index (χ0) is 18.7. The lowest BCUT2D eigenvalue weighted by molar-refractivity contribution is 0.151. The number of piperazine rings is 1. The number of hydrogen-bond donors (Lipinski definition) is 1. The van der Waals surface area contributed by atoms with Crippen molar-refractivity contribution in [2.45, 2.75) is 25.7 Å². The lowest BCUT2D eigenvalue weighted by Crippen LogP contribution is -2.50. The van der Waals surface area contributed by atoms with Gasteiger partial charge in [0.2, 0.25) is 0 Å². The van der Waals surface area contributed by atoms with Gasteiger partial charge < -0.3 is 15.1 Å². The second-order valence-corrected chi connectivity index (χ2v) is 8.30. The standard InChI is InChI=1S/C21H32FN5.HI/c1-23-20(27-11-9-21(17-27)7-2-8-21)24-10-12-25-13-15-26(16-14-25)19-5-3-18(22)4-6-19;/h3-6H,2,7-17H2,1H3,(H,23,24);1H. The fourth-order valence-corrected chi connectivity index (χ4v) is 4.74. The van der Waals surface area contributed by atoms with Crippen molar-refractivity contribution in [3.05, 3.63) is 30.1 Å². The molecule has 2 aliphatic heterocycles. The van der Waals surface area contributed by atoms with Crippen molar-refractivity contribution >= 4 is 35.6 Å². The number of hydrogen-bond acceptors (Lipinski definition) is 3. The lowest BCUT2D eigenvalue weighted by atomic mass is 9.68. The average Bonchev–Trinajstić information content (AvgIpc) is 3.13. The van der Waals surface area contributed by atoms with Gasteiger partial charge in [-0.05, 0) is 48.9 Å². The summed E-state index contributed by atoms with van der Waals surface area (Å²) in [7, 11) is 1.90. The minimum atomic E-state index is -0.168. The molecule has 1 saturated carbocycles. The first-order valence-corrected chi connectivity index (χ1v) is 10.4. The van der Waals surface area contributed by atoms with Crippen LogP contribution >= 0.6 is 24.0 Å². The van der Waals surface area contributed by atoms with E-state index in [0.717, 1.165) is 57.5 Å². The Balaban J connectivity index is 0.00000225. The van der Waals surface area contributed by atoms with Gasteiger partial charge in [0.1, 0.15) is 5.82 Å². The van der Waals surface area contributed by atoms with Crippen LogP contribution in [0.2, 0.25) is 0 Å². The second-order valence-electron chi connectivity index (χ2n) is 8.30. The van der Waals surface area contributed by atoms with Crippen molar-refractivity contribution in [2.75, 3.05) is 64.3 Å². The number of aliphatic imine (C=N–C) groups is 1. The van der Waals surface area contributed by atoms with Gasteiger partial charge in [-0.15, -0.1) is 24.0 Å². The lowest BCUT2D eigenvalue weighted by Gasteiger charge is -2.38. The van der Waals surface area contributed by atoms with E-state index in [4.69, 9.17) is 0 Å². The van der Waals surface area contributed by atoms with Gasteiger partial charge in [0.05, 0.1) is 0 Å². The predicted molar refractivity (Wildman–Crippen MR) is 124 cm³/mol. The Labute approximate surface area is 185 Å². The van der Waals surface area contributed by atoms with Crippen molar-refractivity contribution < 1.29 is 4.39 Å².